The van der Waals surface area contributed by atoms with Crippen molar-refractivity contribution in [3.05, 3.63) is 0 Å². The molecule has 0 aliphatic heterocycles. The van der Waals surface area contributed by atoms with Gasteiger partial charge in [-0.3, -0.25) is 0 Å². The fourth-order valence-electron chi connectivity index (χ4n) is 2.14. The average molecular weight is 247 g/mol. The molecule has 2 heteroatoms. The van der Waals surface area contributed by atoms with Crippen molar-refractivity contribution in [2.24, 2.45) is 0 Å². The van der Waals surface area contributed by atoms with Crippen LogP contribution in [0.1, 0.15) is 66.2 Å². The van der Waals surface area contributed by atoms with E-state index in [1.165, 1.54) is 57.0 Å². The first kappa shape index (κ1) is 16.4. The lowest BCUT2D eigenvalue weighted by molar-refractivity contribution is 0.360. The van der Waals surface area contributed by atoms with Crippen LogP contribution in [-0.2, 0) is 4.52 Å². The molecule has 0 aromatic rings. The molecule has 0 unspecified atom stereocenters. The van der Waals surface area contributed by atoms with Crippen LogP contribution in [0.4, 0.5) is 0 Å². The van der Waals surface area contributed by atoms with Crippen molar-refractivity contribution in [3.8, 4) is 0 Å². The largest absolute Gasteiger partial charge is 0.239 e. The van der Waals surface area contributed by atoms with E-state index in [0.717, 1.165) is 6.61 Å². The van der Waals surface area contributed by atoms with E-state index in [4.69, 9.17) is 4.52 Å². The van der Waals surface area contributed by atoms with Gasteiger partial charge in [0.25, 0.3) is 0 Å². The Balaban J connectivity index is 4.32. The molecule has 0 saturated carbocycles. The minimum atomic E-state index is -1.05. The summed E-state index contributed by atoms with van der Waals surface area (Å²) in [5.41, 5.74) is 0. The van der Waals surface area contributed by atoms with E-state index in [1.807, 2.05) is 0 Å². The van der Waals surface area contributed by atoms with E-state index >= 15 is 0 Å². The quantitative estimate of drug-likeness (QED) is 0.447. The minimum absolute atomic E-state index is 0.922. The van der Waals surface area contributed by atoms with Crippen LogP contribution in [0.2, 0.25) is 0 Å². The van der Waals surface area contributed by atoms with Gasteiger partial charge in [0, 0.05) is 0 Å². The second-order valence-corrected chi connectivity index (χ2v) is 8.42. The maximum absolute atomic E-state index is 6.25. The molecular weight excluding hydrogens is 215 g/mol. The molecule has 0 N–H and O–H groups in total. The van der Waals surface area contributed by atoms with Gasteiger partial charge >= 0.3 is 0 Å². The first-order valence-corrected chi connectivity index (χ1v) is 9.51. The highest BCUT2D eigenvalue weighted by Gasteiger charge is 2.36. The molecule has 0 heterocycles. The Bertz CT molecular complexity index is 126. The third kappa shape index (κ3) is 6.86. The van der Waals surface area contributed by atoms with Gasteiger partial charge in [-0.05, 0) is 26.2 Å². The van der Waals surface area contributed by atoms with Gasteiger partial charge in [0.2, 0.25) is 0 Å². The van der Waals surface area contributed by atoms with E-state index in [0.29, 0.717) is 0 Å². The molecule has 16 heavy (non-hydrogen) atoms. The van der Waals surface area contributed by atoms with Crippen LogP contribution in [0.15, 0.2) is 0 Å². The summed E-state index contributed by atoms with van der Waals surface area (Å²) in [6.07, 6.45) is 12.1. The fraction of sp³-hybridized carbons (Fsp3) is 1.00. The molecule has 0 bridgehead atoms. The van der Waals surface area contributed by atoms with Crippen molar-refractivity contribution in [2.45, 2.75) is 66.2 Å². The first-order chi connectivity index (χ1) is 7.74. The van der Waals surface area contributed by atoms with Crippen LogP contribution in [0.3, 0.4) is 0 Å². The molecule has 0 fully saturated rings. The number of rotatable bonds is 11. The molecule has 0 amide bonds. The second kappa shape index (κ2) is 10.5. The third-order valence-electron chi connectivity index (χ3n) is 3.16. The van der Waals surface area contributed by atoms with Crippen molar-refractivity contribution in [1.29, 1.82) is 0 Å². The monoisotopic (exact) mass is 247 g/mol. The van der Waals surface area contributed by atoms with Crippen molar-refractivity contribution in [1.82, 2.24) is 0 Å². The van der Waals surface area contributed by atoms with Gasteiger partial charge in [0.15, 0.2) is 0 Å². The van der Waals surface area contributed by atoms with Crippen LogP contribution in [0.25, 0.3) is 0 Å². The predicted molar refractivity (Wildman–Crippen MR) is 77.9 cm³/mol. The Morgan fingerprint density at radius 3 is 1.31 bits per heavy atom. The molecule has 0 aromatic heterocycles. The molecular formula is C14H32OP+. The molecule has 0 saturated heterocycles. The molecule has 0 rings (SSSR count). The lowest BCUT2D eigenvalue weighted by Crippen LogP contribution is -2.12. The van der Waals surface area contributed by atoms with Gasteiger partial charge in [0.1, 0.15) is 7.49 Å². The highest BCUT2D eigenvalue weighted by atomic mass is 31.2. The van der Waals surface area contributed by atoms with Crippen LogP contribution in [0.5, 0.6) is 0 Å². The SMILES string of the molecule is CCCC[P+](CCCC)(CCCC)OCC. The maximum atomic E-state index is 6.25. The van der Waals surface area contributed by atoms with Gasteiger partial charge in [0.05, 0.1) is 25.1 Å². The Kier molecular flexibility index (Phi) is 10.8. The van der Waals surface area contributed by atoms with E-state index in [9.17, 15) is 0 Å². The number of hydrogen-bond acceptors (Lipinski definition) is 1. The average Bonchev–Trinajstić information content (AvgIpc) is 2.31. The molecule has 98 valence electrons. The molecule has 1 nitrogen and oxygen atoms in total. The summed E-state index contributed by atoms with van der Waals surface area (Å²) in [5, 5.41) is 0. The maximum Gasteiger partial charge on any atom is 0.145 e. The summed E-state index contributed by atoms with van der Waals surface area (Å²) in [6, 6.07) is 0. The van der Waals surface area contributed by atoms with Gasteiger partial charge in [-0.25, -0.2) is 4.52 Å². The Morgan fingerprint density at radius 1 is 0.688 bits per heavy atom. The minimum Gasteiger partial charge on any atom is -0.239 e. The van der Waals surface area contributed by atoms with E-state index in [-0.39, 0.29) is 0 Å². The normalized spacial score (nSPS) is 12.0. The predicted octanol–water partition coefficient (Wildman–Crippen LogP) is 5.36. The van der Waals surface area contributed by atoms with Crippen molar-refractivity contribution >= 4 is 7.49 Å². The van der Waals surface area contributed by atoms with Gasteiger partial charge in [-0.15, -0.1) is 0 Å². The Labute approximate surface area is 104 Å². The molecule has 0 aliphatic carbocycles. The molecule has 0 aliphatic rings. The Hall–Kier alpha value is 0.390. The van der Waals surface area contributed by atoms with Gasteiger partial charge in [-0.2, -0.15) is 0 Å². The smallest absolute Gasteiger partial charge is 0.145 e. The summed E-state index contributed by atoms with van der Waals surface area (Å²) in [5.74, 6) is 0. The van der Waals surface area contributed by atoms with Gasteiger partial charge < -0.3 is 0 Å². The lowest BCUT2D eigenvalue weighted by atomic mass is 10.4. The zero-order valence-electron chi connectivity index (χ0n) is 11.9. The van der Waals surface area contributed by atoms with Gasteiger partial charge in [-0.1, -0.05) is 40.0 Å². The molecule has 0 aromatic carbocycles. The van der Waals surface area contributed by atoms with E-state index in [1.54, 1.807) is 0 Å². The fourth-order valence-corrected chi connectivity index (χ4v) is 6.43. The van der Waals surface area contributed by atoms with E-state index < -0.39 is 7.49 Å². The first-order valence-electron chi connectivity index (χ1n) is 7.25. The second-order valence-electron chi connectivity index (χ2n) is 4.71. The molecule has 0 radical (unpaired) electrons. The summed E-state index contributed by atoms with van der Waals surface area (Å²) in [4.78, 5) is 0. The van der Waals surface area contributed by atoms with Crippen molar-refractivity contribution < 1.29 is 4.52 Å². The topological polar surface area (TPSA) is 9.23 Å². The molecule has 0 atom stereocenters. The third-order valence-corrected chi connectivity index (χ3v) is 7.36. The lowest BCUT2D eigenvalue weighted by Gasteiger charge is -2.25. The number of unbranched alkanes of at least 4 members (excludes halogenated alkanes) is 3. The van der Waals surface area contributed by atoms with Crippen molar-refractivity contribution in [3.63, 3.8) is 0 Å². The summed E-state index contributed by atoms with van der Waals surface area (Å²) in [6.45, 7) is 9.96. The Morgan fingerprint density at radius 2 is 1.06 bits per heavy atom. The zero-order chi connectivity index (χ0) is 12.3. The van der Waals surface area contributed by atoms with Crippen LogP contribution < -0.4 is 0 Å². The highest BCUT2D eigenvalue weighted by Crippen LogP contribution is 2.61. The highest BCUT2D eigenvalue weighted by molar-refractivity contribution is 7.71. The van der Waals surface area contributed by atoms with Crippen molar-refractivity contribution in [2.75, 3.05) is 25.1 Å². The summed E-state index contributed by atoms with van der Waals surface area (Å²) >= 11 is 0. The summed E-state index contributed by atoms with van der Waals surface area (Å²) < 4.78 is 6.25. The van der Waals surface area contributed by atoms with Crippen LogP contribution >= 0.6 is 7.49 Å². The standard InChI is InChI=1S/C14H32OP/c1-5-9-12-16(15-8-4,13-10-6-2)14-11-7-3/h5-14H2,1-4H3/q+1. The summed E-state index contributed by atoms with van der Waals surface area (Å²) in [7, 11) is -1.05. The van der Waals surface area contributed by atoms with Crippen LogP contribution in [-0.4, -0.2) is 25.1 Å². The van der Waals surface area contributed by atoms with Crippen LogP contribution in [0, 0.1) is 0 Å². The molecule has 0 spiro atoms. The number of hydrogen-bond donors (Lipinski definition) is 0. The zero-order valence-corrected chi connectivity index (χ0v) is 12.8. The van der Waals surface area contributed by atoms with E-state index in [2.05, 4.69) is 27.7 Å².